The Hall–Kier alpha value is -0.570. The van der Waals surface area contributed by atoms with Crippen LogP contribution in [0.1, 0.15) is 59.3 Å². The Bertz CT molecular complexity index is 263. The Kier molecular flexibility index (Phi) is 6.13. The third kappa shape index (κ3) is 4.97. The van der Waals surface area contributed by atoms with E-state index in [-0.39, 0.29) is 0 Å². The van der Waals surface area contributed by atoms with Gasteiger partial charge in [-0.2, -0.15) is 0 Å². The van der Waals surface area contributed by atoms with Crippen molar-refractivity contribution in [2.75, 3.05) is 19.6 Å². The van der Waals surface area contributed by atoms with Crippen LogP contribution in [0.5, 0.6) is 0 Å². The molecule has 0 bridgehead atoms. The van der Waals surface area contributed by atoms with Gasteiger partial charge in [-0.1, -0.05) is 19.8 Å². The topological polar surface area (TPSA) is 40.5 Å². The number of carbonyl (C=O) groups is 1. The predicted molar refractivity (Wildman–Crippen MR) is 74.7 cm³/mol. The highest BCUT2D eigenvalue weighted by Gasteiger charge is 2.27. The number of likely N-dealkylation sites (tertiary alicyclic amines) is 1. The van der Waals surface area contributed by atoms with Gasteiger partial charge in [-0.3, -0.25) is 4.79 Å². The Morgan fingerprint density at radius 2 is 2.06 bits per heavy atom. The van der Waals surface area contributed by atoms with E-state index in [1.807, 2.05) is 13.8 Å². The molecule has 1 unspecified atom stereocenters. The number of hydrogen-bond donors (Lipinski definition) is 1. The summed E-state index contributed by atoms with van der Waals surface area (Å²) in [6.45, 7) is 9.15. The van der Waals surface area contributed by atoms with E-state index in [0.29, 0.717) is 0 Å². The van der Waals surface area contributed by atoms with Gasteiger partial charge in [0.15, 0.2) is 0 Å². The van der Waals surface area contributed by atoms with E-state index in [0.717, 1.165) is 32.0 Å². The summed E-state index contributed by atoms with van der Waals surface area (Å²) in [5, 5.41) is 9.12. The number of rotatable bonds is 6. The fraction of sp³-hybridized carbons (Fsp3) is 0.933. The van der Waals surface area contributed by atoms with Gasteiger partial charge in [-0.15, -0.1) is 0 Å². The van der Waals surface area contributed by atoms with Gasteiger partial charge in [0.05, 0.1) is 5.41 Å². The molecule has 3 heteroatoms. The van der Waals surface area contributed by atoms with Crippen molar-refractivity contribution >= 4 is 5.97 Å². The molecule has 0 amide bonds. The van der Waals surface area contributed by atoms with Crippen molar-refractivity contribution < 1.29 is 9.90 Å². The number of hydrogen-bond acceptors (Lipinski definition) is 2. The van der Waals surface area contributed by atoms with Crippen molar-refractivity contribution in [1.82, 2.24) is 4.90 Å². The van der Waals surface area contributed by atoms with Crippen LogP contribution in [0.2, 0.25) is 0 Å². The Labute approximate surface area is 112 Å². The molecular weight excluding hydrogens is 226 g/mol. The van der Waals surface area contributed by atoms with Crippen molar-refractivity contribution in [2.45, 2.75) is 59.3 Å². The third-order valence-corrected chi connectivity index (χ3v) is 4.27. The molecule has 1 N–H and O–H groups in total. The maximum atomic E-state index is 11.1. The van der Waals surface area contributed by atoms with Crippen LogP contribution in [0.4, 0.5) is 0 Å². The predicted octanol–water partition coefficient (Wildman–Crippen LogP) is 3.39. The molecule has 0 aromatic rings. The molecule has 106 valence electrons. The van der Waals surface area contributed by atoms with Crippen LogP contribution < -0.4 is 0 Å². The number of nitrogens with zero attached hydrogens (tertiary/aromatic N) is 1. The van der Waals surface area contributed by atoms with Crippen LogP contribution >= 0.6 is 0 Å². The molecule has 1 aliphatic heterocycles. The fourth-order valence-electron chi connectivity index (χ4n) is 2.69. The number of carboxylic acids is 1. The van der Waals surface area contributed by atoms with Crippen LogP contribution in [-0.2, 0) is 4.79 Å². The van der Waals surface area contributed by atoms with Crippen molar-refractivity contribution in [3.63, 3.8) is 0 Å². The van der Waals surface area contributed by atoms with Crippen molar-refractivity contribution in [2.24, 2.45) is 11.3 Å². The Morgan fingerprint density at radius 1 is 1.33 bits per heavy atom. The average Bonchev–Trinajstić information content (AvgIpc) is 2.52. The molecule has 0 aromatic carbocycles. The first-order valence-corrected chi connectivity index (χ1v) is 7.41. The van der Waals surface area contributed by atoms with Crippen molar-refractivity contribution in [1.29, 1.82) is 0 Å². The van der Waals surface area contributed by atoms with Gasteiger partial charge in [0.25, 0.3) is 0 Å². The maximum Gasteiger partial charge on any atom is 0.309 e. The van der Waals surface area contributed by atoms with E-state index in [1.165, 1.54) is 32.1 Å². The molecule has 1 heterocycles. The summed E-state index contributed by atoms with van der Waals surface area (Å²) < 4.78 is 0. The zero-order chi connectivity index (χ0) is 13.6. The zero-order valence-corrected chi connectivity index (χ0v) is 12.2. The summed E-state index contributed by atoms with van der Waals surface area (Å²) in [7, 11) is 0. The second-order valence-electron chi connectivity index (χ2n) is 6.37. The van der Waals surface area contributed by atoms with Gasteiger partial charge in [0.1, 0.15) is 0 Å². The van der Waals surface area contributed by atoms with Gasteiger partial charge in [-0.25, -0.2) is 0 Å². The van der Waals surface area contributed by atoms with Crippen LogP contribution in [0.15, 0.2) is 0 Å². The SMILES string of the molecule is CCCC1CCCN(CCC(C)(C)C(=O)O)CC1. The molecule has 0 saturated carbocycles. The smallest absolute Gasteiger partial charge is 0.309 e. The molecular formula is C15H29NO2. The lowest BCUT2D eigenvalue weighted by Gasteiger charge is -2.25. The number of aliphatic carboxylic acids is 1. The highest BCUT2D eigenvalue weighted by Crippen LogP contribution is 2.24. The molecule has 0 aliphatic carbocycles. The van der Waals surface area contributed by atoms with E-state index in [1.54, 1.807) is 0 Å². The molecule has 0 spiro atoms. The van der Waals surface area contributed by atoms with E-state index in [2.05, 4.69) is 11.8 Å². The van der Waals surface area contributed by atoms with Crippen LogP contribution in [0, 0.1) is 11.3 Å². The summed E-state index contributed by atoms with van der Waals surface area (Å²) in [6.07, 6.45) is 7.32. The molecule has 3 nitrogen and oxygen atoms in total. The second-order valence-corrected chi connectivity index (χ2v) is 6.37. The average molecular weight is 255 g/mol. The minimum Gasteiger partial charge on any atom is -0.481 e. The third-order valence-electron chi connectivity index (χ3n) is 4.27. The standard InChI is InChI=1S/C15H29NO2/c1-4-6-13-7-5-10-16(11-8-13)12-9-15(2,3)14(17)18/h13H,4-12H2,1-3H3,(H,17,18). The Morgan fingerprint density at radius 3 is 2.67 bits per heavy atom. The molecule has 1 aliphatic rings. The lowest BCUT2D eigenvalue weighted by molar-refractivity contribution is -0.147. The van der Waals surface area contributed by atoms with Gasteiger partial charge in [0.2, 0.25) is 0 Å². The van der Waals surface area contributed by atoms with Crippen LogP contribution in [0.3, 0.4) is 0 Å². The lowest BCUT2D eigenvalue weighted by atomic mass is 9.89. The van der Waals surface area contributed by atoms with Gasteiger partial charge >= 0.3 is 5.97 Å². The molecule has 1 saturated heterocycles. The minimum atomic E-state index is -0.679. The lowest BCUT2D eigenvalue weighted by Crippen LogP contribution is -2.32. The van der Waals surface area contributed by atoms with E-state index < -0.39 is 11.4 Å². The van der Waals surface area contributed by atoms with Crippen molar-refractivity contribution in [3.05, 3.63) is 0 Å². The van der Waals surface area contributed by atoms with Crippen LogP contribution in [0.25, 0.3) is 0 Å². The summed E-state index contributed by atoms with van der Waals surface area (Å²) >= 11 is 0. The van der Waals surface area contributed by atoms with Gasteiger partial charge < -0.3 is 10.0 Å². The maximum absolute atomic E-state index is 11.1. The summed E-state index contributed by atoms with van der Waals surface area (Å²) in [5.41, 5.74) is -0.588. The minimum absolute atomic E-state index is 0.588. The summed E-state index contributed by atoms with van der Waals surface area (Å²) in [5.74, 6) is 0.216. The fourth-order valence-corrected chi connectivity index (χ4v) is 2.69. The quantitative estimate of drug-likeness (QED) is 0.791. The number of carboxylic acid groups (broad SMARTS) is 1. The normalized spacial score (nSPS) is 22.7. The molecule has 18 heavy (non-hydrogen) atoms. The Balaban J connectivity index is 2.33. The first-order valence-electron chi connectivity index (χ1n) is 7.41. The van der Waals surface area contributed by atoms with Gasteiger partial charge in [0, 0.05) is 0 Å². The monoisotopic (exact) mass is 255 g/mol. The van der Waals surface area contributed by atoms with E-state index in [4.69, 9.17) is 5.11 Å². The molecule has 1 rings (SSSR count). The van der Waals surface area contributed by atoms with E-state index in [9.17, 15) is 4.79 Å². The highest BCUT2D eigenvalue weighted by atomic mass is 16.4. The summed E-state index contributed by atoms with van der Waals surface area (Å²) in [6, 6.07) is 0. The summed E-state index contributed by atoms with van der Waals surface area (Å²) in [4.78, 5) is 13.5. The van der Waals surface area contributed by atoms with Gasteiger partial charge in [-0.05, 0) is 65.1 Å². The highest BCUT2D eigenvalue weighted by molar-refractivity contribution is 5.73. The molecule has 1 fully saturated rings. The van der Waals surface area contributed by atoms with E-state index >= 15 is 0 Å². The first kappa shape index (κ1) is 15.5. The van der Waals surface area contributed by atoms with Crippen molar-refractivity contribution in [3.8, 4) is 0 Å². The zero-order valence-electron chi connectivity index (χ0n) is 12.2. The first-order chi connectivity index (χ1) is 8.45. The second kappa shape index (κ2) is 7.13. The largest absolute Gasteiger partial charge is 0.481 e. The molecule has 0 radical (unpaired) electrons. The molecule has 1 atom stereocenters. The van der Waals surface area contributed by atoms with Crippen LogP contribution in [-0.4, -0.2) is 35.6 Å². The molecule has 0 aromatic heterocycles.